The van der Waals surface area contributed by atoms with Gasteiger partial charge >= 0.3 is 0 Å². The number of hydrogen-bond acceptors (Lipinski definition) is 1. The zero-order chi connectivity index (χ0) is 9.42. The average molecular weight is 196 g/mol. The largest absolute Gasteiger partial charge is 0.495 e. The third-order valence-electron chi connectivity index (χ3n) is 2.19. The van der Waals surface area contributed by atoms with E-state index in [0.29, 0.717) is 5.02 Å². The van der Waals surface area contributed by atoms with Gasteiger partial charge in [0.15, 0.2) is 0 Å². The maximum atomic E-state index is 6.12. The topological polar surface area (TPSA) is 14.2 Å². The molecule has 1 heterocycles. The first-order chi connectivity index (χ1) is 6.24. The van der Waals surface area contributed by atoms with Gasteiger partial charge in [-0.2, -0.15) is 0 Å². The van der Waals surface area contributed by atoms with Gasteiger partial charge in [-0.3, -0.25) is 0 Å². The molecule has 2 rings (SSSR count). The lowest BCUT2D eigenvalue weighted by Gasteiger charge is -2.03. The van der Waals surface area contributed by atoms with E-state index < -0.39 is 0 Å². The Hall–Kier alpha value is -1.15. The quantitative estimate of drug-likeness (QED) is 0.683. The third-order valence-corrected chi connectivity index (χ3v) is 2.58. The molecule has 1 aromatic heterocycles. The summed E-state index contributed by atoms with van der Waals surface area (Å²) < 4.78 is 7.15. The number of ether oxygens (including phenoxy) is 1. The second kappa shape index (κ2) is 2.96. The van der Waals surface area contributed by atoms with Crippen LogP contribution in [-0.4, -0.2) is 11.7 Å². The molecule has 0 radical (unpaired) electrons. The summed E-state index contributed by atoms with van der Waals surface area (Å²) in [7, 11) is 3.61. The van der Waals surface area contributed by atoms with Crippen LogP contribution in [0.5, 0.6) is 5.75 Å². The van der Waals surface area contributed by atoms with E-state index in [4.69, 9.17) is 16.3 Å². The Bertz CT molecular complexity index is 447. The van der Waals surface area contributed by atoms with Gasteiger partial charge in [0.1, 0.15) is 5.75 Å². The molecule has 3 heteroatoms. The van der Waals surface area contributed by atoms with Crippen molar-refractivity contribution in [3.8, 4) is 5.75 Å². The summed E-state index contributed by atoms with van der Waals surface area (Å²) in [4.78, 5) is 0. The van der Waals surface area contributed by atoms with Crippen molar-refractivity contribution in [1.29, 1.82) is 0 Å². The molecule has 2 aromatic rings. The summed E-state index contributed by atoms with van der Waals surface area (Å²) in [6.07, 6.45) is 1.98. The first kappa shape index (κ1) is 8.45. The van der Waals surface area contributed by atoms with E-state index in [9.17, 15) is 0 Å². The van der Waals surface area contributed by atoms with Crippen molar-refractivity contribution >= 4 is 22.5 Å². The number of hydrogen-bond donors (Lipinski definition) is 0. The summed E-state index contributed by atoms with van der Waals surface area (Å²) >= 11 is 6.12. The van der Waals surface area contributed by atoms with Crippen LogP contribution in [0.4, 0.5) is 0 Å². The fourth-order valence-electron chi connectivity index (χ4n) is 1.45. The van der Waals surface area contributed by atoms with E-state index in [1.165, 1.54) is 0 Å². The second-order valence-corrected chi connectivity index (χ2v) is 3.32. The smallest absolute Gasteiger partial charge is 0.138 e. The van der Waals surface area contributed by atoms with E-state index in [1.54, 1.807) is 7.11 Å². The summed E-state index contributed by atoms with van der Waals surface area (Å²) in [6, 6.07) is 5.87. The van der Waals surface area contributed by atoms with Crippen molar-refractivity contribution in [2.24, 2.45) is 7.05 Å². The third kappa shape index (κ3) is 1.18. The Morgan fingerprint density at radius 1 is 1.31 bits per heavy atom. The van der Waals surface area contributed by atoms with Crippen LogP contribution < -0.4 is 4.74 Å². The Labute approximate surface area is 81.7 Å². The summed E-state index contributed by atoms with van der Waals surface area (Å²) in [5.41, 5.74) is 1.12. The van der Waals surface area contributed by atoms with Crippen LogP contribution in [0.1, 0.15) is 0 Å². The van der Waals surface area contributed by atoms with Crippen molar-refractivity contribution in [2.45, 2.75) is 0 Å². The Kier molecular flexibility index (Phi) is 1.93. The molecule has 0 amide bonds. The summed E-state index contributed by atoms with van der Waals surface area (Å²) in [5, 5.41) is 1.71. The van der Waals surface area contributed by atoms with E-state index in [1.807, 2.05) is 36.0 Å². The monoisotopic (exact) mass is 195 g/mol. The average Bonchev–Trinajstić information content (AvgIpc) is 2.50. The molecule has 68 valence electrons. The van der Waals surface area contributed by atoms with Crippen molar-refractivity contribution in [1.82, 2.24) is 4.57 Å². The molecule has 0 N–H and O–H groups in total. The van der Waals surface area contributed by atoms with Gasteiger partial charge in [-0.15, -0.1) is 0 Å². The Balaban J connectivity index is 2.80. The molecular formula is C10H10ClNO. The fraction of sp³-hybridized carbons (Fsp3) is 0.200. The molecule has 0 aliphatic carbocycles. The van der Waals surface area contributed by atoms with Gasteiger partial charge in [0.05, 0.1) is 12.1 Å². The highest BCUT2D eigenvalue weighted by atomic mass is 35.5. The first-order valence-electron chi connectivity index (χ1n) is 4.01. The maximum absolute atomic E-state index is 6.12. The first-order valence-corrected chi connectivity index (χ1v) is 4.39. The van der Waals surface area contributed by atoms with Crippen molar-refractivity contribution in [3.05, 3.63) is 29.4 Å². The molecule has 0 spiro atoms. The van der Waals surface area contributed by atoms with E-state index in [2.05, 4.69) is 0 Å². The molecule has 0 saturated heterocycles. The maximum Gasteiger partial charge on any atom is 0.138 e. The zero-order valence-electron chi connectivity index (χ0n) is 7.54. The van der Waals surface area contributed by atoms with E-state index in [0.717, 1.165) is 16.7 Å². The summed E-state index contributed by atoms with van der Waals surface area (Å²) in [6.45, 7) is 0. The summed E-state index contributed by atoms with van der Waals surface area (Å²) in [5.74, 6) is 0.723. The molecule has 0 saturated carbocycles. The predicted molar refractivity (Wildman–Crippen MR) is 54.5 cm³/mol. The van der Waals surface area contributed by atoms with Gasteiger partial charge in [0.25, 0.3) is 0 Å². The van der Waals surface area contributed by atoms with Gasteiger partial charge in [0, 0.05) is 24.1 Å². The highest BCUT2D eigenvalue weighted by Crippen LogP contribution is 2.32. The number of methoxy groups -OCH3 is 1. The van der Waals surface area contributed by atoms with Crippen LogP contribution in [-0.2, 0) is 7.05 Å². The van der Waals surface area contributed by atoms with Crippen molar-refractivity contribution < 1.29 is 4.74 Å². The van der Waals surface area contributed by atoms with E-state index >= 15 is 0 Å². The van der Waals surface area contributed by atoms with Gasteiger partial charge in [-0.1, -0.05) is 11.6 Å². The normalized spacial score (nSPS) is 10.7. The highest BCUT2D eigenvalue weighted by Gasteiger charge is 2.06. The number of aromatic nitrogens is 1. The lowest BCUT2D eigenvalue weighted by atomic mass is 10.2. The molecule has 0 bridgehead atoms. The second-order valence-electron chi connectivity index (χ2n) is 2.94. The number of aryl methyl sites for hydroxylation is 1. The highest BCUT2D eigenvalue weighted by molar-refractivity contribution is 6.36. The molecule has 2 nitrogen and oxygen atoms in total. The molecular weight excluding hydrogens is 186 g/mol. The Morgan fingerprint density at radius 3 is 2.77 bits per heavy atom. The molecule has 13 heavy (non-hydrogen) atoms. The number of halogens is 1. The molecule has 0 atom stereocenters. The lowest BCUT2D eigenvalue weighted by molar-refractivity contribution is 0.415. The predicted octanol–water partition coefficient (Wildman–Crippen LogP) is 2.84. The number of benzene rings is 1. The van der Waals surface area contributed by atoms with Gasteiger partial charge in [-0.05, 0) is 18.2 Å². The molecule has 1 aromatic carbocycles. The molecule has 0 aliphatic rings. The molecule has 0 aliphatic heterocycles. The van der Waals surface area contributed by atoms with Crippen LogP contribution in [0.25, 0.3) is 10.9 Å². The van der Waals surface area contributed by atoms with Gasteiger partial charge in [0.2, 0.25) is 0 Å². The molecule has 0 fully saturated rings. The van der Waals surface area contributed by atoms with Crippen LogP contribution in [0.3, 0.4) is 0 Å². The minimum Gasteiger partial charge on any atom is -0.495 e. The standard InChI is InChI=1S/C10H10ClNO/c1-12-6-5-7-8(12)3-4-9(13-2)10(7)11/h3-6H,1-2H3. The minimum atomic E-state index is 0.681. The molecule has 0 unspecified atom stereocenters. The Morgan fingerprint density at radius 2 is 2.08 bits per heavy atom. The van der Waals surface area contributed by atoms with Crippen molar-refractivity contribution in [2.75, 3.05) is 7.11 Å². The van der Waals surface area contributed by atoms with Crippen LogP contribution in [0, 0.1) is 0 Å². The number of nitrogens with zero attached hydrogens (tertiary/aromatic N) is 1. The van der Waals surface area contributed by atoms with E-state index in [-0.39, 0.29) is 0 Å². The fourth-order valence-corrected chi connectivity index (χ4v) is 1.75. The van der Waals surface area contributed by atoms with Crippen LogP contribution in [0.2, 0.25) is 5.02 Å². The van der Waals surface area contributed by atoms with Crippen molar-refractivity contribution in [3.63, 3.8) is 0 Å². The van der Waals surface area contributed by atoms with Crippen LogP contribution >= 0.6 is 11.6 Å². The zero-order valence-corrected chi connectivity index (χ0v) is 8.30. The van der Waals surface area contributed by atoms with Gasteiger partial charge < -0.3 is 9.30 Å². The minimum absolute atomic E-state index is 0.681. The van der Waals surface area contributed by atoms with Gasteiger partial charge in [-0.25, -0.2) is 0 Å². The lowest BCUT2D eigenvalue weighted by Crippen LogP contribution is -1.86. The number of rotatable bonds is 1. The van der Waals surface area contributed by atoms with Crippen LogP contribution in [0.15, 0.2) is 24.4 Å². The SMILES string of the molecule is COc1ccc2c(ccn2C)c1Cl. The number of fused-ring (bicyclic) bond motifs is 1.